The van der Waals surface area contributed by atoms with Gasteiger partial charge in [0.2, 0.25) is 0 Å². The second-order valence-corrected chi connectivity index (χ2v) is 10.6. The van der Waals surface area contributed by atoms with E-state index < -0.39 is 4.96 Å². The summed E-state index contributed by atoms with van der Waals surface area (Å²) in [6, 6.07) is 10.7. The predicted molar refractivity (Wildman–Crippen MR) is 142 cm³/mol. The van der Waals surface area contributed by atoms with Crippen LogP contribution in [0.15, 0.2) is 55.1 Å². The third-order valence-electron chi connectivity index (χ3n) is 5.41. The van der Waals surface area contributed by atoms with Crippen LogP contribution in [0.3, 0.4) is 0 Å². The van der Waals surface area contributed by atoms with E-state index in [0.29, 0.717) is 31.2 Å². The quantitative estimate of drug-likeness (QED) is 0.379. The normalized spacial score (nSPS) is 21.4. The molecule has 0 atom stereocenters. The predicted octanol–water partition coefficient (Wildman–Crippen LogP) is 5.00. The van der Waals surface area contributed by atoms with Crippen molar-refractivity contribution >= 4 is 39.3 Å². The smallest absolute Gasteiger partial charge is 0.450 e. The molecule has 0 unspecified atom stereocenters. The van der Waals surface area contributed by atoms with Crippen molar-refractivity contribution in [3.05, 3.63) is 60.7 Å². The SMILES string of the molecule is CC1CC(Oc2ncc(OCc3ccccc3)cn2)C1.ClB(Cl)Cl.Oc1cnc(OC2CC(O)C2)nc1. The van der Waals surface area contributed by atoms with Gasteiger partial charge in [-0.2, -0.15) is 54.3 Å². The van der Waals surface area contributed by atoms with Crippen molar-refractivity contribution in [1.82, 2.24) is 19.9 Å². The topological polar surface area (TPSA) is 120 Å². The minimum atomic E-state index is -0.750. The average molecular weight is 570 g/mol. The number of aliphatic hydroxyl groups is 1. The Kier molecular flexibility index (Phi) is 11.8. The second-order valence-electron chi connectivity index (χ2n) is 8.63. The van der Waals surface area contributed by atoms with Crippen molar-refractivity contribution in [2.45, 2.75) is 57.5 Å². The first-order valence-electron chi connectivity index (χ1n) is 11.7. The third kappa shape index (κ3) is 11.2. The molecule has 2 aliphatic rings. The van der Waals surface area contributed by atoms with Crippen LogP contribution >= 0.6 is 34.4 Å². The van der Waals surface area contributed by atoms with Gasteiger partial charge in [-0.25, -0.2) is 0 Å². The maximum absolute atomic E-state index is 8.98. The zero-order valence-corrected chi connectivity index (χ0v) is 22.4. The summed E-state index contributed by atoms with van der Waals surface area (Å²) in [7, 11) is 0. The van der Waals surface area contributed by atoms with E-state index in [1.54, 1.807) is 12.4 Å². The van der Waals surface area contributed by atoms with Crippen LogP contribution in [0.5, 0.6) is 23.5 Å². The van der Waals surface area contributed by atoms with Gasteiger partial charge >= 0.3 is 17.0 Å². The van der Waals surface area contributed by atoms with Gasteiger partial charge < -0.3 is 24.4 Å². The Morgan fingerprint density at radius 1 is 0.838 bits per heavy atom. The van der Waals surface area contributed by atoms with Crippen LogP contribution in [0.25, 0.3) is 0 Å². The molecule has 13 heteroatoms. The molecule has 0 aliphatic heterocycles. The van der Waals surface area contributed by atoms with Crippen molar-refractivity contribution in [1.29, 1.82) is 0 Å². The molecule has 2 saturated carbocycles. The highest BCUT2D eigenvalue weighted by molar-refractivity contribution is 7.54. The maximum atomic E-state index is 8.98. The number of benzene rings is 1. The number of aromatic nitrogens is 4. The summed E-state index contributed by atoms with van der Waals surface area (Å²) >= 11 is 14.4. The van der Waals surface area contributed by atoms with E-state index in [1.165, 1.54) is 12.4 Å². The number of nitrogens with zero attached hydrogens (tertiary/aromatic N) is 4. The van der Waals surface area contributed by atoms with Crippen LogP contribution < -0.4 is 14.2 Å². The van der Waals surface area contributed by atoms with E-state index in [1.807, 2.05) is 30.3 Å². The van der Waals surface area contributed by atoms with Crippen molar-refractivity contribution in [3.8, 4) is 23.5 Å². The number of ether oxygens (including phenoxy) is 3. The summed E-state index contributed by atoms with van der Waals surface area (Å²) in [6.07, 6.45) is 9.36. The van der Waals surface area contributed by atoms with Gasteiger partial charge in [0.05, 0.1) is 30.9 Å². The zero-order valence-electron chi connectivity index (χ0n) is 20.2. The lowest BCUT2D eigenvalue weighted by Crippen LogP contribution is -2.37. The van der Waals surface area contributed by atoms with E-state index in [9.17, 15) is 0 Å². The first kappa shape index (κ1) is 29.0. The number of rotatable bonds is 7. The van der Waals surface area contributed by atoms with Gasteiger partial charge in [-0.3, -0.25) is 0 Å². The van der Waals surface area contributed by atoms with Gasteiger partial charge in [-0.05, 0) is 24.3 Å². The number of aliphatic hydroxyl groups excluding tert-OH is 1. The standard InChI is InChI=1S/C16H18N2O2.C8H10N2O3.BCl3/c1-12-7-14(8-12)20-16-17-9-15(10-18-16)19-11-13-5-3-2-4-6-13;11-5-1-7(2-5)13-8-9-3-6(12)4-10-8;2-1(3)4/h2-6,9-10,12,14H,7-8,11H2,1H3;3-5,7,11-12H,1-2H2;. The number of aromatic hydroxyl groups is 1. The summed E-state index contributed by atoms with van der Waals surface area (Å²) in [5, 5.41) is 17.9. The largest absolute Gasteiger partial charge is 0.505 e. The van der Waals surface area contributed by atoms with E-state index in [2.05, 4.69) is 26.9 Å². The monoisotopic (exact) mass is 568 g/mol. The molecule has 37 heavy (non-hydrogen) atoms. The van der Waals surface area contributed by atoms with Crippen LogP contribution in [0.1, 0.15) is 38.2 Å². The molecule has 1 aromatic carbocycles. The van der Waals surface area contributed by atoms with Gasteiger partial charge in [0.1, 0.15) is 18.8 Å². The number of hydrogen-bond donors (Lipinski definition) is 2. The van der Waals surface area contributed by atoms with Gasteiger partial charge in [0.25, 0.3) is 0 Å². The Labute approximate surface area is 230 Å². The van der Waals surface area contributed by atoms with Crippen molar-refractivity contribution in [2.75, 3.05) is 0 Å². The Hall–Kier alpha value is -2.53. The average Bonchev–Trinajstić information content (AvgIpc) is 2.84. The maximum Gasteiger partial charge on any atom is 0.450 e. The minimum Gasteiger partial charge on any atom is -0.505 e. The summed E-state index contributed by atoms with van der Waals surface area (Å²) in [6.45, 7) is 2.74. The molecule has 2 aromatic heterocycles. The molecule has 0 spiro atoms. The van der Waals surface area contributed by atoms with Crippen LogP contribution in [0.4, 0.5) is 0 Å². The number of halogens is 3. The van der Waals surface area contributed by atoms with Gasteiger partial charge in [-0.1, -0.05) is 37.3 Å². The lowest BCUT2D eigenvalue weighted by atomic mass is 9.84. The highest BCUT2D eigenvalue weighted by atomic mass is 35.6. The summed E-state index contributed by atoms with van der Waals surface area (Å²) in [5.41, 5.74) is 1.12. The lowest BCUT2D eigenvalue weighted by Gasteiger charge is -2.31. The van der Waals surface area contributed by atoms with Gasteiger partial charge in [0, 0.05) is 12.8 Å². The molecule has 3 aromatic rings. The van der Waals surface area contributed by atoms with Gasteiger partial charge in [0.15, 0.2) is 11.5 Å². The van der Waals surface area contributed by atoms with E-state index in [4.69, 9.17) is 58.8 Å². The fourth-order valence-electron chi connectivity index (χ4n) is 3.41. The molecule has 2 heterocycles. The highest BCUT2D eigenvalue weighted by Gasteiger charge is 2.29. The van der Waals surface area contributed by atoms with Crippen LogP contribution in [-0.4, -0.2) is 53.4 Å². The molecule has 9 nitrogen and oxygen atoms in total. The molecule has 5 rings (SSSR count). The molecule has 0 radical (unpaired) electrons. The van der Waals surface area contributed by atoms with Crippen molar-refractivity contribution in [2.24, 2.45) is 5.92 Å². The summed E-state index contributed by atoms with van der Waals surface area (Å²) in [4.78, 5) is 15.1. The summed E-state index contributed by atoms with van der Waals surface area (Å²) < 4.78 is 16.6. The minimum absolute atomic E-state index is 0.0135. The first-order chi connectivity index (χ1) is 17.8. The van der Waals surface area contributed by atoms with Crippen molar-refractivity contribution < 1.29 is 24.4 Å². The molecular weight excluding hydrogens is 541 g/mol. The molecule has 2 aliphatic carbocycles. The first-order valence-corrected chi connectivity index (χ1v) is 13.0. The van der Waals surface area contributed by atoms with E-state index >= 15 is 0 Å². The molecule has 198 valence electrons. The second kappa shape index (κ2) is 15.0. The van der Waals surface area contributed by atoms with Crippen LogP contribution in [0.2, 0.25) is 0 Å². The molecule has 2 fully saturated rings. The highest BCUT2D eigenvalue weighted by Crippen LogP contribution is 2.29. The lowest BCUT2D eigenvalue weighted by molar-refractivity contribution is -0.0151. The molecule has 0 saturated heterocycles. The van der Waals surface area contributed by atoms with E-state index in [-0.39, 0.29) is 30.1 Å². The number of hydrogen-bond acceptors (Lipinski definition) is 9. The molecular formula is C24H28BCl3N4O5. The van der Waals surface area contributed by atoms with E-state index in [0.717, 1.165) is 24.3 Å². The Morgan fingerprint density at radius 3 is 1.81 bits per heavy atom. The fourth-order valence-corrected chi connectivity index (χ4v) is 3.41. The summed E-state index contributed by atoms with van der Waals surface area (Å²) in [5.74, 6) is 1.43. The van der Waals surface area contributed by atoms with Gasteiger partial charge in [-0.15, -0.1) is 0 Å². The molecule has 0 amide bonds. The van der Waals surface area contributed by atoms with Crippen molar-refractivity contribution in [3.63, 3.8) is 0 Å². The fraction of sp³-hybridized carbons (Fsp3) is 0.417. The van der Waals surface area contributed by atoms with Crippen LogP contribution in [-0.2, 0) is 6.61 Å². The Morgan fingerprint density at radius 2 is 1.32 bits per heavy atom. The van der Waals surface area contributed by atoms with Crippen LogP contribution in [0, 0.1) is 5.92 Å². The zero-order chi connectivity index (χ0) is 26.6. The molecule has 2 N–H and O–H groups in total. The molecule has 0 bridgehead atoms. The Balaban J connectivity index is 0.000000192. The third-order valence-corrected chi connectivity index (χ3v) is 5.41. The Bertz CT molecular complexity index is 1040.